The average Bonchev–Trinajstić information content (AvgIpc) is 2.39. The quantitative estimate of drug-likeness (QED) is 0.728. The molecule has 1 amide bonds. The van der Waals surface area contributed by atoms with Crippen LogP contribution in [-0.2, 0) is 14.4 Å². The second-order valence-corrected chi connectivity index (χ2v) is 6.60. The van der Waals surface area contributed by atoms with Gasteiger partial charge in [0.15, 0.2) is 0 Å². The molecule has 8 heteroatoms. The number of thiocarbonyl (C=S) groups is 1. The van der Waals surface area contributed by atoms with Crippen LogP contribution in [0.15, 0.2) is 0 Å². The minimum Gasteiger partial charge on any atom is -0.481 e. The Labute approximate surface area is 113 Å². The van der Waals surface area contributed by atoms with Crippen molar-refractivity contribution in [2.24, 2.45) is 0 Å². The van der Waals surface area contributed by atoms with Crippen LogP contribution in [0.2, 0.25) is 0 Å². The fraction of sp³-hybridized carbons (Fsp3) is 0.600. The van der Waals surface area contributed by atoms with Crippen LogP contribution in [0.1, 0.15) is 26.7 Å². The highest BCUT2D eigenvalue weighted by atomic mass is 32.2. The van der Waals surface area contributed by atoms with Crippen molar-refractivity contribution >= 4 is 46.1 Å². The molecule has 0 radical (unpaired) electrons. The maximum Gasteiger partial charge on any atom is 0.326 e. The van der Waals surface area contributed by atoms with Gasteiger partial charge in [0.25, 0.3) is 0 Å². The lowest BCUT2D eigenvalue weighted by atomic mass is 10.1. The molecule has 1 rings (SSSR count). The summed E-state index contributed by atoms with van der Waals surface area (Å²) in [5.74, 6) is -2.74. The summed E-state index contributed by atoms with van der Waals surface area (Å²) in [6, 6.07) is -1.21. The molecule has 1 saturated heterocycles. The lowest BCUT2D eigenvalue weighted by molar-refractivity contribution is -0.147. The first-order valence-electron chi connectivity index (χ1n) is 5.18. The van der Waals surface area contributed by atoms with Crippen LogP contribution in [0.5, 0.6) is 0 Å². The minimum atomic E-state index is -1.25. The molecule has 1 unspecified atom stereocenters. The second-order valence-electron chi connectivity index (χ2n) is 4.34. The van der Waals surface area contributed by atoms with Crippen LogP contribution < -0.4 is 0 Å². The van der Waals surface area contributed by atoms with E-state index < -0.39 is 28.6 Å². The Bertz CT molecular complexity index is 420. The van der Waals surface area contributed by atoms with Crippen LogP contribution >= 0.6 is 24.0 Å². The van der Waals surface area contributed by atoms with Gasteiger partial charge in [-0.15, -0.1) is 0 Å². The molecular formula is C10H13NO5S2. The van der Waals surface area contributed by atoms with Gasteiger partial charge in [-0.2, -0.15) is 0 Å². The molecule has 0 aromatic rings. The number of thioether (sulfide) groups is 1. The summed E-state index contributed by atoms with van der Waals surface area (Å²) < 4.78 is -0.614. The third kappa shape index (κ3) is 2.99. The number of nitrogens with zero attached hydrogens (tertiary/aromatic N) is 1. The van der Waals surface area contributed by atoms with Crippen molar-refractivity contribution < 1.29 is 24.6 Å². The highest BCUT2D eigenvalue weighted by Gasteiger charge is 2.48. The molecule has 18 heavy (non-hydrogen) atoms. The van der Waals surface area contributed by atoms with Crippen LogP contribution in [0.25, 0.3) is 0 Å². The van der Waals surface area contributed by atoms with Gasteiger partial charge < -0.3 is 10.2 Å². The van der Waals surface area contributed by atoms with Gasteiger partial charge in [0.2, 0.25) is 5.91 Å². The summed E-state index contributed by atoms with van der Waals surface area (Å²) in [6.45, 7) is 3.31. The van der Waals surface area contributed by atoms with Crippen LogP contribution in [0.3, 0.4) is 0 Å². The Morgan fingerprint density at radius 3 is 2.33 bits per heavy atom. The van der Waals surface area contributed by atoms with Crippen molar-refractivity contribution in [1.29, 1.82) is 0 Å². The average molecular weight is 291 g/mol. The maximum atomic E-state index is 12.0. The molecule has 0 aliphatic carbocycles. The molecule has 0 bridgehead atoms. The van der Waals surface area contributed by atoms with Gasteiger partial charge in [0.1, 0.15) is 10.4 Å². The SMILES string of the molecule is CC1(C)SC(=S)N(C(CCC(=O)O)C(=O)O)C1=O. The van der Waals surface area contributed by atoms with Gasteiger partial charge in [-0.05, 0) is 20.3 Å². The normalized spacial score (nSPS) is 20.0. The van der Waals surface area contributed by atoms with Gasteiger partial charge in [-0.3, -0.25) is 14.5 Å². The van der Waals surface area contributed by atoms with Gasteiger partial charge >= 0.3 is 11.9 Å². The second kappa shape index (κ2) is 5.23. The molecule has 100 valence electrons. The van der Waals surface area contributed by atoms with Gasteiger partial charge in [0, 0.05) is 6.42 Å². The number of aliphatic carboxylic acids is 2. The van der Waals surface area contributed by atoms with Gasteiger partial charge in [-0.25, -0.2) is 4.79 Å². The van der Waals surface area contributed by atoms with E-state index in [0.29, 0.717) is 0 Å². The number of rotatable bonds is 5. The molecule has 1 atom stereocenters. The Morgan fingerprint density at radius 2 is 2.00 bits per heavy atom. The Morgan fingerprint density at radius 1 is 1.44 bits per heavy atom. The Kier molecular flexibility index (Phi) is 4.33. The van der Waals surface area contributed by atoms with E-state index in [0.717, 1.165) is 16.7 Å². The zero-order chi connectivity index (χ0) is 14.1. The monoisotopic (exact) mass is 291 g/mol. The van der Waals surface area contributed by atoms with E-state index >= 15 is 0 Å². The molecule has 1 aliphatic rings. The van der Waals surface area contributed by atoms with Crippen molar-refractivity contribution in [2.45, 2.75) is 37.5 Å². The van der Waals surface area contributed by atoms with E-state index in [-0.39, 0.29) is 17.2 Å². The first-order valence-corrected chi connectivity index (χ1v) is 6.40. The minimum absolute atomic E-state index is 0.160. The molecule has 1 fully saturated rings. The maximum absolute atomic E-state index is 12.0. The van der Waals surface area contributed by atoms with Crippen LogP contribution in [-0.4, -0.2) is 48.1 Å². The molecule has 0 aromatic carbocycles. The van der Waals surface area contributed by atoms with E-state index in [1.165, 1.54) is 0 Å². The fourth-order valence-corrected chi connectivity index (χ4v) is 3.34. The van der Waals surface area contributed by atoms with Gasteiger partial charge in [0.05, 0.1) is 4.75 Å². The van der Waals surface area contributed by atoms with Crippen molar-refractivity contribution in [3.8, 4) is 0 Å². The van der Waals surface area contributed by atoms with E-state index in [1.54, 1.807) is 13.8 Å². The van der Waals surface area contributed by atoms with E-state index in [9.17, 15) is 14.4 Å². The largest absolute Gasteiger partial charge is 0.481 e. The Balaban J connectivity index is 2.93. The standard InChI is InChI=1S/C10H13NO5S2/c1-10(2)8(16)11(9(17)18-10)5(7(14)15)3-4-6(12)13/h5H,3-4H2,1-2H3,(H,12,13)(H,14,15). The molecule has 6 nitrogen and oxygen atoms in total. The topological polar surface area (TPSA) is 94.9 Å². The van der Waals surface area contributed by atoms with Crippen molar-refractivity contribution in [3.63, 3.8) is 0 Å². The summed E-state index contributed by atoms with van der Waals surface area (Å²) in [6.07, 6.45) is -0.484. The number of carboxylic acids is 2. The van der Waals surface area contributed by atoms with Crippen molar-refractivity contribution in [3.05, 3.63) is 0 Å². The molecular weight excluding hydrogens is 278 g/mol. The fourth-order valence-electron chi connectivity index (χ4n) is 1.58. The third-order valence-electron chi connectivity index (χ3n) is 2.50. The highest BCUT2D eigenvalue weighted by molar-refractivity contribution is 8.24. The molecule has 2 N–H and O–H groups in total. The molecule has 1 aliphatic heterocycles. The zero-order valence-electron chi connectivity index (χ0n) is 9.87. The smallest absolute Gasteiger partial charge is 0.326 e. The number of carbonyl (C=O) groups excluding carboxylic acids is 1. The van der Waals surface area contributed by atoms with Gasteiger partial charge in [-0.1, -0.05) is 24.0 Å². The van der Waals surface area contributed by atoms with Crippen LogP contribution in [0, 0.1) is 0 Å². The summed E-state index contributed by atoms with van der Waals surface area (Å²) >= 11 is 6.12. The summed E-state index contributed by atoms with van der Waals surface area (Å²) in [5, 5.41) is 17.7. The first kappa shape index (κ1) is 14.9. The highest BCUT2D eigenvalue weighted by Crippen LogP contribution is 2.38. The first-order chi connectivity index (χ1) is 8.16. The number of carboxylic acid groups (broad SMARTS) is 2. The molecule has 1 heterocycles. The van der Waals surface area contributed by atoms with Crippen LogP contribution in [0.4, 0.5) is 0 Å². The number of carbonyl (C=O) groups is 3. The van der Waals surface area contributed by atoms with E-state index in [4.69, 9.17) is 22.4 Å². The lowest BCUT2D eigenvalue weighted by Gasteiger charge is -2.24. The summed E-state index contributed by atoms with van der Waals surface area (Å²) in [4.78, 5) is 34.7. The summed E-state index contributed by atoms with van der Waals surface area (Å²) in [7, 11) is 0. The predicted octanol–water partition coefficient (Wildman–Crippen LogP) is 0.943. The Hall–Kier alpha value is -1.15. The summed E-state index contributed by atoms with van der Waals surface area (Å²) in [5.41, 5.74) is 0. The lowest BCUT2D eigenvalue weighted by Crippen LogP contribution is -2.47. The number of hydrogen-bond acceptors (Lipinski definition) is 5. The molecule has 0 spiro atoms. The van der Waals surface area contributed by atoms with E-state index in [1.807, 2.05) is 0 Å². The van der Waals surface area contributed by atoms with Crippen molar-refractivity contribution in [2.75, 3.05) is 0 Å². The molecule has 0 saturated carbocycles. The molecule has 0 aromatic heterocycles. The number of hydrogen-bond donors (Lipinski definition) is 2. The predicted molar refractivity (Wildman–Crippen MR) is 69.4 cm³/mol. The zero-order valence-corrected chi connectivity index (χ0v) is 11.5. The third-order valence-corrected chi connectivity index (χ3v) is 4.00. The number of amides is 1. The van der Waals surface area contributed by atoms with E-state index in [2.05, 4.69) is 0 Å². The van der Waals surface area contributed by atoms with Crippen molar-refractivity contribution in [1.82, 2.24) is 4.90 Å².